The molecule has 0 bridgehead atoms. The lowest BCUT2D eigenvalue weighted by Crippen LogP contribution is -2.05. The minimum Gasteiger partial charge on any atom is -0.496 e. The summed E-state index contributed by atoms with van der Waals surface area (Å²) in [4.78, 5) is 23.2. The predicted molar refractivity (Wildman–Crippen MR) is 81.1 cm³/mol. The van der Waals surface area contributed by atoms with Crippen LogP contribution in [0.4, 0.5) is 5.69 Å². The van der Waals surface area contributed by atoms with E-state index in [9.17, 15) is 14.9 Å². The number of methoxy groups -OCH3 is 1. The Hall–Kier alpha value is -2.34. The van der Waals surface area contributed by atoms with Crippen molar-refractivity contribution in [2.24, 2.45) is 0 Å². The third kappa shape index (κ3) is 3.61. The highest BCUT2D eigenvalue weighted by atomic mass is 32.2. The van der Waals surface area contributed by atoms with E-state index in [0.717, 1.165) is 11.8 Å². The fourth-order valence-corrected chi connectivity index (χ4v) is 2.73. The van der Waals surface area contributed by atoms with Gasteiger partial charge in [0.2, 0.25) is 0 Å². The van der Waals surface area contributed by atoms with Gasteiger partial charge in [-0.05, 0) is 18.2 Å². The van der Waals surface area contributed by atoms with Crippen molar-refractivity contribution in [2.75, 3.05) is 12.9 Å². The van der Waals surface area contributed by atoms with Crippen molar-refractivity contribution in [3.63, 3.8) is 0 Å². The largest absolute Gasteiger partial charge is 0.496 e. The third-order valence-electron chi connectivity index (χ3n) is 2.83. The van der Waals surface area contributed by atoms with Crippen molar-refractivity contribution < 1.29 is 14.5 Å². The second-order valence-corrected chi connectivity index (χ2v) is 5.15. The number of Topliss-reactive ketones (excluding diaryl/α,β-unsaturated/α-hetero) is 1. The number of rotatable bonds is 6. The fraction of sp³-hybridized carbons (Fsp3) is 0.133. The van der Waals surface area contributed by atoms with Crippen LogP contribution in [0.15, 0.2) is 53.4 Å². The number of thioether (sulfide) groups is 1. The summed E-state index contributed by atoms with van der Waals surface area (Å²) in [6.45, 7) is 0. The van der Waals surface area contributed by atoms with E-state index in [4.69, 9.17) is 4.74 Å². The molecule has 0 N–H and O–H groups in total. The normalized spacial score (nSPS) is 10.1. The summed E-state index contributed by atoms with van der Waals surface area (Å²) in [5, 5.41) is 10.9. The minimum atomic E-state index is -0.449. The molecule has 2 rings (SSSR count). The molecule has 2 aromatic rings. The van der Waals surface area contributed by atoms with Crippen molar-refractivity contribution in [1.29, 1.82) is 0 Å². The average molecular weight is 303 g/mol. The lowest BCUT2D eigenvalue weighted by molar-refractivity contribution is -0.387. The zero-order chi connectivity index (χ0) is 15.2. The van der Waals surface area contributed by atoms with Gasteiger partial charge >= 0.3 is 0 Å². The molecular weight excluding hydrogens is 290 g/mol. The second-order valence-electron chi connectivity index (χ2n) is 4.14. The van der Waals surface area contributed by atoms with E-state index in [1.54, 1.807) is 42.5 Å². The van der Waals surface area contributed by atoms with Gasteiger partial charge in [0.1, 0.15) is 5.75 Å². The Balaban J connectivity index is 2.13. The molecule has 108 valence electrons. The van der Waals surface area contributed by atoms with Crippen LogP contribution in [0.1, 0.15) is 10.4 Å². The van der Waals surface area contributed by atoms with Crippen molar-refractivity contribution in [3.05, 3.63) is 64.2 Å². The zero-order valence-electron chi connectivity index (χ0n) is 11.3. The number of carbonyl (C=O) groups is 1. The molecule has 0 aliphatic carbocycles. The molecule has 0 radical (unpaired) electrons. The van der Waals surface area contributed by atoms with Gasteiger partial charge in [-0.3, -0.25) is 14.9 Å². The summed E-state index contributed by atoms with van der Waals surface area (Å²) in [5.41, 5.74) is 0.487. The molecule has 21 heavy (non-hydrogen) atoms. The summed E-state index contributed by atoms with van der Waals surface area (Å²) >= 11 is 1.15. The zero-order valence-corrected chi connectivity index (χ0v) is 12.1. The maximum absolute atomic E-state index is 12.2. The van der Waals surface area contributed by atoms with E-state index in [1.807, 2.05) is 0 Å². The van der Waals surface area contributed by atoms with Gasteiger partial charge in [0, 0.05) is 6.07 Å². The number of benzene rings is 2. The van der Waals surface area contributed by atoms with Crippen LogP contribution in [0.5, 0.6) is 5.75 Å². The van der Waals surface area contributed by atoms with Crippen LogP contribution in [-0.2, 0) is 0 Å². The summed E-state index contributed by atoms with van der Waals surface area (Å²) in [5.74, 6) is 0.492. The number of hydrogen-bond donors (Lipinski definition) is 0. The van der Waals surface area contributed by atoms with Crippen LogP contribution in [0.2, 0.25) is 0 Å². The fourth-order valence-electron chi connectivity index (χ4n) is 1.83. The number of nitro benzene ring substituents is 1. The van der Waals surface area contributed by atoms with Crippen LogP contribution in [0, 0.1) is 10.1 Å². The Bertz CT molecular complexity index is 672. The average Bonchev–Trinajstić information content (AvgIpc) is 2.52. The lowest BCUT2D eigenvalue weighted by atomic mass is 10.1. The number of hydrogen-bond acceptors (Lipinski definition) is 5. The maximum atomic E-state index is 12.2. The van der Waals surface area contributed by atoms with Crippen LogP contribution in [0.25, 0.3) is 0 Å². The van der Waals surface area contributed by atoms with Gasteiger partial charge < -0.3 is 4.74 Å². The maximum Gasteiger partial charge on any atom is 0.282 e. The number of para-hydroxylation sites is 2. The number of carbonyl (C=O) groups excluding carboxylic acids is 1. The van der Waals surface area contributed by atoms with Crippen molar-refractivity contribution in [3.8, 4) is 5.75 Å². The molecule has 6 heteroatoms. The summed E-state index contributed by atoms with van der Waals surface area (Å²) < 4.78 is 5.14. The van der Waals surface area contributed by atoms with Gasteiger partial charge in [-0.25, -0.2) is 0 Å². The van der Waals surface area contributed by atoms with Gasteiger partial charge in [-0.15, -0.1) is 11.8 Å². The van der Waals surface area contributed by atoms with Crippen molar-refractivity contribution in [1.82, 2.24) is 0 Å². The minimum absolute atomic E-state index is 0.00956. The smallest absolute Gasteiger partial charge is 0.282 e. The van der Waals surface area contributed by atoms with Crippen LogP contribution < -0.4 is 4.74 Å². The first-order chi connectivity index (χ1) is 10.1. The number of nitro groups is 1. The Morgan fingerprint density at radius 2 is 1.86 bits per heavy atom. The first kappa shape index (κ1) is 15.1. The SMILES string of the molecule is COc1ccccc1C(=O)CSc1ccccc1[N+](=O)[O-]. The molecule has 0 saturated carbocycles. The Morgan fingerprint density at radius 1 is 1.19 bits per heavy atom. The molecular formula is C15H13NO4S. The molecule has 0 aromatic heterocycles. The van der Waals surface area contributed by atoms with E-state index in [1.165, 1.54) is 13.2 Å². The van der Waals surface area contributed by atoms with E-state index < -0.39 is 4.92 Å². The van der Waals surface area contributed by atoms with E-state index >= 15 is 0 Å². The van der Waals surface area contributed by atoms with Crippen LogP contribution in [0.3, 0.4) is 0 Å². The summed E-state index contributed by atoms with van der Waals surface area (Å²) in [6, 6.07) is 13.3. The van der Waals surface area contributed by atoms with Gasteiger partial charge in [-0.1, -0.05) is 24.3 Å². The molecule has 0 amide bonds. The molecule has 5 nitrogen and oxygen atoms in total. The van der Waals surface area contributed by atoms with Gasteiger partial charge in [-0.2, -0.15) is 0 Å². The summed E-state index contributed by atoms with van der Waals surface area (Å²) in [6.07, 6.45) is 0. The van der Waals surface area contributed by atoms with E-state index in [2.05, 4.69) is 0 Å². The Kier molecular flexibility index (Phi) is 4.94. The number of ether oxygens (including phenoxy) is 1. The highest BCUT2D eigenvalue weighted by Crippen LogP contribution is 2.30. The topological polar surface area (TPSA) is 69.4 Å². The predicted octanol–water partition coefficient (Wildman–Crippen LogP) is 3.58. The van der Waals surface area contributed by atoms with E-state index in [-0.39, 0.29) is 17.2 Å². The molecule has 0 heterocycles. The molecule has 0 atom stereocenters. The standard InChI is InChI=1S/C15H13NO4S/c1-20-14-8-4-2-6-11(14)13(17)10-21-15-9-5-3-7-12(15)16(18)19/h2-9H,10H2,1H3. The van der Waals surface area contributed by atoms with Gasteiger partial charge in [0.05, 0.1) is 28.2 Å². The molecule has 0 saturated heterocycles. The first-order valence-electron chi connectivity index (χ1n) is 6.16. The van der Waals surface area contributed by atoms with Crippen LogP contribution in [-0.4, -0.2) is 23.6 Å². The van der Waals surface area contributed by atoms with Gasteiger partial charge in [0.15, 0.2) is 5.78 Å². The van der Waals surface area contributed by atoms with Crippen LogP contribution >= 0.6 is 11.8 Å². The molecule has 2 aromatic carbocycles. The van der Waals surface area contributed by atoms with E-state index in [0.29, 0.717) is 16.2 Å². The second kappa shape index (κ2) is 6.90. The Labute approximate surface area is 126 Å². The Morgan fingerprint density at radius 3 is 2.57 bits per heavy atom. The quantitative estimate of drug-likeness (QED) is 0.353. The molecule has 0 aliphatic heterocycles. The lowest BCUT2D eigenvalue weighted by Gasteiger charge is -2.07. The molecule has 0 unspecified atom stereocenters. The molecule has 0 aliphatic rings. The first-order valence-corrected chi connectivity index (χ1v) is 7.14. The number of nitrogens with zero attached hydrogens (tertiary/aromatic N) is 1. The highest BCUT2D eigenvalue weighted by Gasteiger charge is 2.16. The third-order valence-corrected chi connectivity index (χ3v) is 3.89. The molecule has 0 spiro atoms. The van der Waals surface area contributed by atoms with Crippen molar-refractivity contribution in [2.45, 2.75) is 4.90 Å². The highest BCUT2D eigenvalue weighted by molar-refractivity contribution is 8.00. The van der Waals surface area contributed by atoms with Crippen molar-refractivity contribution >= 4 is 23.2 Å². The monoisotopic (exact) mass is 303 g/mol. The summed E-state index contributed by atoms with van der Waals surface area (Å²) in [7, 11) is 1.50. The molecule has 0 fully saturated rings. The van der Waals surface area contributed by atoms with Gasteiger partial charge in [0.25, 0.3) is 5.69 Å². The number of ketones is 1.